The Bertz CT molecular complexity index is 579. The van der Waals surface area contributed by atoms with Gasteiger partial charge in [-0.15, -0.1) is 0 Å². The Morgan fingerprint density at radius 1 is 1.48 bits per heavy atom. The predicted octanol–water partition coefficient (Wildman–Crippen LogP) is 3.58. The molecule has 4 nitrogen and oxygen atoms in total. The second-order valence-electron chi connectivity index (χ2n) is 5.50. The summed E-state index contributed by atoms with van der Waals surface area (Å²) >= 11 is 0. The number of carbonyl (C=O) groups excluding carboxylic acids is 1. The number of esters is 1. The first kappa shape index (κ1) is 17.6. The SMILES string of the molecule is CCOC(=O)/C=C/c1cc(C)c(F)cc1[C@@H](CC)OC[C@H]1CO1. The topological polar surface area (TPSA) is 48.1 Å². The number of rotatable bonds is 8. The highest BCUT2D eigenvalue weighted by Gasteiger charge is 2.25. The fourth-order valence-electron chi connectivity index (χ4n) is 2.31. The number of halogens is 1. The standard InChI is InChI=1S/C18H23FO4/c1-4-17(23-11-14-10-22-14)15-9-16(19)12(3)8-13(15)6-7-18(20)21-5-2/h6-9,14,17H,4-5,10-11H2,1-3H3/b7-6+/t14-,17-/m1/s1. The summed E-state index contributed by atoms with van der Waals surface area (Å²) in [5.74, 6) is -0.696. The molecule has 0 unspecified atom stereocenters. The number of epoxide rings is 1. The van der Waals surface area contributed by atoms with Crippen LogP contribution in [-0.4, -0.2) is 31.9 Å². The van der Waals surface area contributed by atoms with Gasteiger partial charge in [-0.2, -0.15) is 0 Å². The van der Waals surface area contributed by atoms with Crippen molar-refractivity contribution in [3.63, 3.8) is 0 Å². The fourth-order valence-corrected chi connectivity index (χ4v) is 2.31. The Labute approximate surface area is 136 Å². The lowest BCUT2D eigenvalue weighted by Gasteiger charge is -2.19. The van der Waals surface area contributed by atoms with Crippen molar-refractivity contribution < 1.29 is 23.4 Å². The number of hydrogen-bond donors (Lipinski definition) is 0. The van der Waals surface area contributed by atoms with Crippen molar-refractivity contribution in [3.8, 4) is 0 Å². The zero-order valence-electron chi connectivity index (χ0n) is 13.8. The van der Waals surface area contributed by atoms with Gasteiger partial charge in [-0.25, -0.2) is 9.18 Å². The van der Waals surface area contributed by atoms with Crippen LogP contribution >= 0.6 is 0 Å². The van der Waals surface area contributed by atoms with Gasteiger partial charge in [0.05, 0.1) is 25.9 Å². The molecule has 23 heavy (non-hydrogen) atoms. The van der Waals surface area contributed by atoms with Gasteiger partial charge in [-0.1, -0.05) is 6.92 Å². The van der Waals surface area contributed by atoms with Crippen LogP contribution in [0, 0.1) is 12.7 Å². The molecule has 0 bridgehead atoms. The highest BCUT2D eigenvalue weighted by Crippen LogP contribution is 2.29. The molecule has 5 heteroatoms. The van der Waals surface area contributed by atoms with Gasteiger partial charge in [0.25, 0.3) is 0 Å². The summed E-state index contributed by atoms with van der Waals surface area (Å²) in [5, 5.41) is 0. The van der Waals surface area contributed by atoms with E-state index in [2.05, 4.69) is 0 Å². The monoisotopic (exact) mass is 322 g/mol. The van der Waals surface area contributed by atoms with E-state index in [1.165, 1.54) is 12.1 Å². The van der Waals surface area contributed by atoms with Crippen molar-refractivity contribution in [3.05, 3.63) is 40.7 Å². The van der Waals surface area contributed by atoms with Crippen LogP contribution in [0.2, 0.25) is 0 Å². The van der Waals surface area contributed by atoms with Gasteiger partial charge >= 0.3 is 5.97 Å². The summed E-state index contributed by atoms with van der Waals surface area (Å²) in [7, 11) is 0. The molecule has 1 heterocycles. The second-order valence-corrected chi connectivity index (χ2v) is 5.50. The maximum absolute atomic E-state index is 14.0. The van der Waals surface area contributed by atoms with Crippen LogP contribution in [0.15, 0.2) is 18.2 Å². The number of hydrogen-bond acceptors (Lipinski definition) is 4. The van der Waals surface area contributed by atoms with Gasteiger partial charge in [-0.3, -0.25) is 0 Å². The van der Waals surface area contributed by atoms with E-state index in [-0.39, 0.29) is 18.0 Å². The third-order valence-corrected chi connectivity index (χ3v) is 3.65. The highest BCUT2D eigenvalue weighted by molar-refractivity contribution is 5.87. The lowest BCUT2D eigenvalue weighted by molar-refractivity contribution is -0.137. The molecule has 1 aliphatic rings. The van der Waals surface area contributed by atoms with Crippen molar-refractivity contribution in [2.24, 2.45) is 0 Å². The fraction of sp³-hybridized carbons (Fsp3) is 0.500. The number of ether oxygens (including phenoxy) is 3. The van der Waals surface area contributed by atoms with E-state index >= 15 is 0 Å². The molecular weight excluding hydrogens is 299 g/mol. The molecule has 1 aromatic carbocycles. The third-order valence-electron chi connectivity index (χ3n) is 3.65. The van der Waals surface area contributed by atoms with Crippen LogP contribution in [0.3, 0.4) is 0 Å². The Balaban J connectivity index is 2.23. The van der Waals surface area contributed by atoms with E-state index in [0.717, 1.165) is 11.1 Å². The maximum Gasteiger partial charge on any atom is 0.330 e. The van der Waals surface area contributed by atoms with E-state index in [1.807, 2.05) is 6.92 Å². The van der Waals surface area contributed by atoms with Gasteiger partial charge in [0, 0.05) is 6.08 Å². The van der Waals surface area contributed by atoms with E-state index in [0.29, 0.717) is 31.8 Å². The normalized spacial score (nSPS) is 18.2. The first-order valence-corrected chi connectivity index (χ1v) is 7.93. The molecule has 1 aliphatic heterocycles. The van der Waals surface area contributed by atoms with Crippen molar-refractivity contribution in [2.75, 3.05) is 19.8 Å². The van der Waals surface area contributed by atoms with Crippen LogP contribution in [0.1, 0.15) is 43.1 Å². The van der Waals surface area contributed by atoms with E-state index in [9.17, 15) is 9.18 Å². The molecular formula is C18H23FO4. The predicted molar refractivity (Wildman–Crippen MR) is 85.5 cm³/mol. The summed E-state index contributed by atoms with van der Waals surface area (Å²) in [4.78, 5) is 11.5. The summed E-state index contributed by atoms with van der Waals surface area (Å²) in [5.41, 5.74) is 2.02. The van der Waals surface area contributed by atoms with Crippen LogP contribution in [-0.2, 0) is 19.0 Å². The van der Waals surface area contributed by atoms with Crippen molar-refractivity contribution in [1.82, 2.24) is 0 Å². The molecule has 1 saturated heterocycles. The third kappa shape index (κ3) is 5.15. The molecule has 0 saturated carbocycles. The van der Waals surface area contributed by atoms with Crippen LogP contribution in [0.5, 0.6) is 0 Å². The van der Waals surface area contributed by atoms with Crippen LogP contribution < -0.4 is 0 Å². The summed E-state index contributed by atoms with van der Waals surface area (Å²) in [6.07, 6.45) is 3.62. The van der Waals surface area contributed by atoms with Crippen molar-refractivity contribution >= 4 is 12.0 Å². The van der Waals surface area contributed by atoms with E-state index < -0.39 is 5.97 Å². The number of benzene rings is 1. The molecule has 1 fully saturated rings. The molecule has 126 valence electrons. The quantitative estimate of drug-likeness (QED) is 0.417. The second kappa shape index (κ2) is 8.22. The minimum absolute atomic E-state index is 0.151. The van der Waals surface area contributed by atoms with Crippen LogP contribution in [0.25, 0.3) is 6.08 Å². The maximum atomic E-state index is 14.0. The minimum atomic E-state index is -0.416. The largest absolute Gasteiger partial charge is 0.463 e. The zero-order valence-corrected chi connectivity index (χ0v) is 13.8. The molecule has 0 spiro atoms. The Hall–Kier alpha value is -1.72. The molecule has 2 atom stereocenters. The van der Waals surface area contributed by atoms with Gasteiger partial charge < -0.3 is 14.2 Å². The summed E-state index contributed by atoms with van der Waals surface area (Å²) in [6.45, 7) is 6.96. The highest BCUT2D eigenvalue weighted by atomic mass is 19.1. The molecule has 0 amide bonds. The molecule has 1 aromatic rings. The lowest BCUT2D eigenvalue weighted by Crippen LogP contribution is -2.10. The first-order valence-electron chi connectivity index (χ1n) is 7.93. The van der Waals surface area contributed by atoms with Gasteiger partial charge in [0.15, 0.2) is 0 Å². The summed E-state index contributed by atoms with van der Waals surface area (Å²) in [6, 6.07) is 3.21. The molecule has 0 aromatic heterocycles. The van der Waals surface area contributed by atoms with Gasteiger partial charge in [0.2, 0.25) is 0 Å². The lowest BCUT2D eigenvalue weighted by atomic mass is 9.97. The molecule has 0 N–H and O–H groups in total. The minimum Gasteiger partial charge on any atom is -0.463 e. The molecule has 2 rings (SSSR count). The summed E-state index contributed by atoms with van der Waals surface area (Å²) < 4.78 is 29.9. The van der Waals surface area contributed by atoms with Crippen molar-refractivity contribution in [2.45, 2.75) is 39.4 Å². The number of carbonyl (C=O) groups is 1. The van der Waals surface area contributed by atoms with Gasteiger partial charge in [0.1, 0.15) is 11.9 Å². The smallest absolute Gasteiger partial charge is 0.330 e. The Morgan fingerprint density at radius 2 is 2.22 bits per heavy atom. The first-order chi connectivity index (χ1) is 11.0. The Kier molecular flexibility index (Phi) is 6.30. The van der Waals surface area contributed by atoms with Gasteiger partial charge in [-0.05, 0) is 55.2 Å². The average Bonchev–Trinajstić information content (AvgIpc) is 3.34. The van der Waals surface area contributed by atoms with E-state index in [1.54, 1.807) is 26.0 Å². The molecule has 0 radical (unpaired) electrons. The van der Waals surface area contributed by atoms with Crippen LogP contribution in [0.4, 0.5) is 4.39 Å². The molecule has 0 aliphatic carbocycles. The van der Waals surface area contributed by atoms with E-state index in [4.69, 9.17) is 14.2 Å². The Morgan fingerprint density at radius 3 is 2.83 bits per heavy atom. The zero-order chi connectivity index (χ0) is 16.8. The number of aryl methyl sites for hydroxylation is 1. The van der Waals surface area contributed by atoms with Crippen molar-refractivity contribution in [1.29, 1.82) is 0 Å². The average molecular weight is 322 g/mol.